The molecule has 1 heterocycles. The van der Waals surface area contributed by atoms with Gasteiger partial charge in [-0.2, -0.15) is 0 Å². The molecule has 1 saturated carbocycles. The number of nitrogens with zero attached hydrogens (tertiary/aromatic N) is 1. The molecule has 2 nitrogen and oxygen atoms in total. The summed E-state index contributed by atoms with van der Waals surface area (Å²) in [5, 5.41) is 1.32. The van der Waals surface area contributed by atoms with E-state index >= 15 is 0 Å². The van der Waals surface area contributed by atoms with E-state index in [0.29, 0.717) is 0 Å². The molecule has 0 atom stereocenters. The van der Waals surface area contributed by atoms with Gasteiger partial charge in [0.05, 0.1) is 0 Å². The van der Waals surface area contributed by atoms with Gasteiger partial charge >= 0.3 is 0 Å². The molecule has 0 bridgehead atoms. The van der Waals surface area contributed by atoms with Crippen molar-refractivity contribution in [2.75, 3.05) is 0 Å². The number of nitrogens with two attached hydrogens (primary N) is 1. The van der Waals surface area contributed by atoms with Crippen molar-refractivity contribution in [2.45, 2.75) is 24.8 Å². The van der Waals surface area contributed by atoms with Crippen molar-refractivity contribution < 1.29 is 0 Å². The van der Waals surface area contributed by atoms with Crippen LogP contribution in [0.3, 0.4) is 0 Å². The van der Waals surface area contributed by atoms with Gasteiger partial charge < -0.3 is 10.3 Å². The molecule has 2 aromatic rings. The van der Waals surface area contributed by atoms with Gasteiger partial charge in [0, 0.05) is 29.2 Å². The number of aryl methyl sites for hydroxylation is 1. The minimum absolute atomic E-state index is 0.0435. The van der Waals surface area contributed by atoms with E-state index in [0.717, 1.165) is 19.3 Å². The monoisotopic (exact) mass is 226 g/mol. The van der Waals surface area contributed by atoms with Gasteiger partial charge in [0.1, 0.15) is 0 Å². The van der Waals surface area contributed by atoms with Gasteiger partial charge in [-0.1, -0.05) is 24.8 Å². The Balaban J connectivity index is 2.23. The third kappa shape index (κ3) is 1.60. The molecule has 17 heavy (non-hydrogen) atoms. The van der Waals surface area contributed by atoms with E-state index in [9.17, 15) is 0 Å². The maximum Gasteiger partial charge on any atom is 0.0485 e. The average molecular weight is 226 g/mol. The number of para-hydroxylation sites is 1. The fourth-order valence-electron chi connectivity index (χ4n) is 2.63. The summed E-state index contributed by atoms with van der Waals surface area (Å²) >= 11 is 0. The van der Waals surface area contributed by atoms with E-state index < -0.39 is 0 Å². The average Bonchev–Trinajstić information content (AvgIpc) is 3.00. The van der Waals surface area contributed by atoms with E-state index in [-0.39, 0.29) is 5.54 Å². The van der Waals surface area contributed by atoms with Gasteiger partial charge in [0.15, 0.2) is 0 Å². The van der Waals surface area contributed by atoms with Crippen LogP contribution in [-0.4, -0.2) is 10.1 Å². The van der Waals surface area contributed by atoms with Crippen molar-refractivity contribution in [3.8, 4) is 0 Å². The van der Waals surface area contributed by atoms with Gasteiger partial charge in [-0.15, -0.1) is 0 Å². The summed E-state index contributed by atoms with van der Waals surface area (Å²) in [6, 6.07) is 8.51. The molecule has 2 N–H and O–H groups in total. The summed E-state index contributed by atoms with van der Waals surface area (Å²) in [4.78, 5) is 0. The Bertz CT molecular complexity index is 588. The zero-order valence-electron chi connectivity index (χ0n) is 10.2. The normalized spacial score (nSPS) is 17.3. The number of hydrogen-bond donors (Lipinski definition) is 1. The molecule has 2 heteroatoms. The molecule has 3 rings (SSSR count). The quantitative estimate of drug-likeness (QED) is 0.857. The van der Waals surface area contributed by atoms with Gasteiger partial charge in [0.2, 0.25) is 0 Å². The second-order valence-electron chi connectivity index (χ2n) is 5.18. The first-order valence-corrected chi connectivity index (χ1v) is 6.12. The van der Waals surface area contributed by atoms with Crippen LogP contribution in [0.1, 0.15) is 24.1 Å². The first-order chi connectivity index (χ1) is 8.14. The molecule has 0 radical (unpaired) electrons. The van der Waals surface area contributed by atoms with Crippen molar-refractivity contribution in [1.82, 2.24) is 4.57 Å². The smallest absolute Gasteiger partial charge is 0.0485 e. The Hall–Kier alpha value is -1.54. The molecule has 1 aromatic heterocycles. The summed E-state index contributed by atoms with van der Waals surface area (Å²) in [6.07, 6.45) is 5.20. The highest BCUT2D eigenvalue weighted by Crippen LogP contribution is 2.39. The first-order valence-electron chi connectivity index (χ1n) is 6.12. The van der Waals surface area contributed by atoms with Gasteiger partial charge in [-0.3, -0.25) is 0 Å². The predicted molar refractivity (Wildman–Crippen MR) is 72.9 cm³/mol. The Morgan fingerprint density at radius 2 is 2.12 bits per heavy atom. The Kier molecular flexibility index (Phi) is 2.17. The van der Waals surface area contributed by atoms with Crippen LogP contribution >= 0.6 is 0 Å². The summed E-state index contributed by atoms with van der Waals surface area (Å²) in [6.45, 7) is 3.94. The minimum Gasteiger partial charge on any atom is -0.344 e. The van der Waals surface area contributed by atoms with Crippen LogP contribution in [0, 0.1) is 0 Å². The third-order valence-corrected chi connectivity index (χ3v) is 3.88. The van der Waals surface area contributed by atoms with Crippen molar-refractivity contribution in [2.24, 2.45) is 12.8 Å². The number of aromatic nitrogens is 1. The lowest BCUT2D eigenvalue weighted by Crippen LogP contribution is -2.24. The molecule has 0 aliphatic heterocycles. The van der Waals surface area contributed by atoms with Gasteiger partial charge in [0.25, 0.3) is 0 Å². The van der Waals surface area contributed by atoms with E-state index in [1.165, 1.54) is 22.2 Å². The first kappa shape index (κ1) is 10.6. The fraction of sp³-hybridized carbons (Fsp3) is 0.333. The van der Waals surface area contributed by atoms with Crippen LogP contribution in [-0.2, 0) is 13.5 Å². The largest absolute Gasteiger partial charge is 0.344 e. The highest BCUT2D eigenvalue weighted by molar-refractivity contribution is 5.88. The van der Waals surface area contributed by atoms with Crippen LogP contribution in [0.4, 0.5) is 0 Å². The van der Waals surface area contributed by atoms with Gasteiger partial charge in [-0.05, 0) is 37.0 Å². The maximum atomic E-state index is 6.26. The topological polar surface area (TPSA) is 30.9 Å². The molecular weight excluding hydrogens is 208 g/mol. The SMILES string of the molecule is C=Cc1c(CC2(N)CC2)c2ccccc2n1C. The van der Waals surface area contributed by atoms with Crippen LogP contribution in [0.5, 0.6) is 0 Å². The van der Waals surface area contributed by atoms with E-state index in [1.54, 1.807) is 0 Å². The number of hydrogen-bond acceptors (Lipinski definition) is 1. The van der Waals surface area contributed by atoms with Crippen molar-refractivity contribution >= 4 is 17.0 Å². The zero-order chi connectivity index (χ0) is 12.0. The summed E-state index contributed by atoms with van der Waals surface area (Å²) in [5.74, 6) is 0. The van der Waals surface area contributed by atoms with Crippen molar-refractivity contribution in [3.05, 3.63) is 42.1 Å². The lowest BCUT2D eigenvalue weighted by Gasteiger charge is -2.09. The van der Waals surface area contributed by atoms with E-state index in [4.69, 9.17) is 5.73 Å². The lowest BCUT2D eigenvalue weighted by atomic mass is 10.0. The van der Waals surface area contributed by atoms with E-state index in [1.807, 2.05) is 6.08 Å². The summed E-state index contributed by atoms with van der Waals surface area (Å²) in [5.41, 5.74) is 10.1. The molecule has 88 valence electrons. The Morgan fingerprint density at radius 3 is 2.76 bits per heavy atom. The standard InChI is InChI=1S/C15H18N2/c1-3-13-12(10-15(16)8-9-15)11-6-4-5-7-14(11)17(13)2/h3-7H,1,8-10,16H2,2H3. The Labute approximate surface area is 102 Å². The zero-order valence-corrected chi connectivity index (χ0v) is 10.2. The lowest BCUT2D eigenvalue weighted by molar-refractivity contribution is 0.672. The minimum atomic E-state index is 0.0435. The molecule has 1 aromatic carbocycles. The van der Waals surface area contributed by atoms with E-state index in [2.05, 4.69) is 42.5 Å². The van der Waals surface area contributed by atoms with Crippen LogP contribution in [0.15, 0.2) is 30.8 Å². The van der Waals surface area contributed by atoms with Crippen LogP contribution in [0.25, 0.3) is 17.0 Å². The fourth-order valence-corrected chi connectivity index (χ4v) is 2.63. The van der Waals surface area contributed by atoms with Crippen LogP contribution in [0.2, 0.25) is 0 Å². The molecule has 0 saturated heterocycles. The number of benzene rings is 1. The summed E-state index contributed by atoms with van der Waals surface area (Å²) < 4.78 is 2.21. The molecule has 1 aliphatic rings. The molecule has 0 spiro atoms. The maximum absolute atomic E-state index is 6.26. The molecule has 1 aliphatic carbocycles. The number of fused-ring (bicyclic) bond motifs is 1. The molecule has 1 fully saturated rings. The van der Waals surface area contributed by atoms with Crippen LogP contribution < -0.4 is 5.73 Å². The predicted octanol–water partition coefficient (Wildman–Crippen LogP) is 2.86. The second-order valence-corrected chi connectivity index (χ2v) is 5.18. The third-order valence-electron chi connectivity index (χ3n) is 3.88. The van der Waals surface area contributed by atoms with Crippen molar-refractivity contribution in [3.63, 3.8) is 0 Å². The van der Waals surface area contributed by atoms with Crippen molar-refractivity contribution in [1.29, 1.82) is 0 Å². The second kappa shape index (κ2) is 3.47. The molecule has 0 amide bonds. The summed E-state index contributed by atoms with van der Waals surface area (Å²) in [7, 11) is 2.10. The Morgan fingerprint density at radius 1 is 1.41 bits per heavy atom. The highest BCUT2D eigenvalue weighted by atomic mass is 14.9. The molecular formula is C15H18N2. The highest BCUT2D eigenvalue weighted by Gasteiger charge is 2.39. The number of rotatable bonds is 3. The molecule has 0 unspecified atom stereocenters. The van der Waals surface area contributed by atoms with Gasteiger partial charge in [-0.25, -0.2) is 0 Å².